The highest BCUT2D eigenvalue weighted by Gasteiger charge is 2.37. The summed E-state index contributed by atoms with van der Waals surface area (Å²) >= 11 is 6.87. The van der Waals surface area contributed by atoms with Gasteiger partial charge >= 0.3 is 0 Å². The highest BCUT2D eigenvalue weighted by atomic mass is 32.2. The van der Waals surface area contributed by atoms with Crippen molar-refractivity contribution in [3.63, 3.8) is 0 Å². The highest BCUT2D eigenvalue weighted by molar-refractivity contribution is 8.26. The molecule has 2 aromatic carbocycles. The van der Waals surface area contributed by atoms with Gasteiger partial charge in [0, 0.05) is 54.3 Å². The minimum absolute atomic E-state index is 0.0842. The predicted molar refractivity (Wildman–Crippen MR) is 159 cm³/mol. The van der Waals surface area contributed by atoms with Crippen molar-refractivity contribution in [2.24, 2.45) is 0 Å². The van der Waals surface area contributed by atoms with Crippen molar-refractivity contribution in [1.82, 2.24) is 4.90 Å². The Balaban J connectivity index is 1.55. The number of non-ortho nitro benzene ring substituents is 1. The first kappa shape index (κ1) is 28.6. The molecule has 0 bridgehead atoms. The molecule has 0 spiro atoms. The lowest BCUT2D eigenvalue weighted by atomic mass is 9.94. The van der Waals surface area contributed by atoms with E-state index in [2.05, 4.69) is 24.1 Å². The summed E-state index contributed by atoms with van der Waals surface area (Å²) in [6.45, 7) is 5.39. The lowest BCUT2D eigenvalue weighted by Gasteiger charge is -2.29. The summed E-state index contributed by atoms with van der Waals surface area (Å²) in [6, 6.07) is 11.6. The molecule has 9 nitrogen and oxygen atoms in total. The van der Waals surface area contributed by atoms with Gasteiger partial charge in [0.2, 0.25) is 0 Å². The van der Waals surface area contributed by atoms with E-state index in [1.165, 1.54) is 36.4 Å². The topological polar surface area (TPSA) is 105 Å². The third kappa shape index (κ3) is 6.96. The second kappa shape index (κ2) is 13.1. The van der Waals surface area contributed by atoms with E-state index in [-0.39, 0.29) is 24.2 Å². The highest BCUT2D eigenvalue weighted by Crippen LogP contribution is 2.39. The van der Waals surface area contributed by atoms with E-state index < -0.39 is 10.8 Å². The molecule has 206 valence electrons. The maximum atomic E-state index is 13.3. The number of anilines is 2. The average molecular weight is 569 g/mol. The van der Waals surface area contributed by atoms with Crippen LogP contribution in [0.25, 0.3) is 6.08 Å². The Labute approximate surface area is 237 Å². The van der Waals surface area contributed by atoms with E-state index in [1.807, 2.05) is 18.2 Å². The van der Waals surface area contributed by atoms with E-state index in [4.69, 9.17) is 17.0 Å². The number of nitrogens with one attached hydrogen (secondary N) is 1. The van der Waals surface area contributed by atoms with Crippen molar-refractivity contribution >= 4 is 63.3 Å². The first-order valence-electron chi connectivity index (χ1n) is 13.1. The first-order chi connectivity index (χ1) is 18.8. The molecule has 0 radical (unpaired) electrons. The summed E-state index contributed by atoms with van der Waals surface area (Å²) in [6.07, 6.45) is 7.10. The number of nitrogens with zero attached hydrogens (tertiary/aromatic N) is 3. The molecule has 1 aliphatic heterocycles. The maximum absolute atomic E-state index is 13.3. The number of thiocarbonyl (C=S) groups is 1. The molecule has 11 heteroatoms. The van der Waals surface area contributed by atoms with Crippen molar-refractivity contribution in [1.29, 1.82) is 0 Å². The van der Waals surface area contributed by atoms with E-state index in [9.17, 15) is 19.7 Å². The summed E-state index contributed by atoms with van der Waals surface area (Å²) in [4.78, 5) is 41.0. The first-order valence-corrected chi connectivity index (χ1v) is 14.4. The molecule has 0 atom stereocenters. The maximum Gasteiger partial charge on any atom is 0.271 e. The Hall–Kier alpha value is -3.44. The minimum atomic E-state index is -0.520. The summed E-state index contributed by atoms with van der Waals surface area (Å²) in [7, 11) is 0. The van der Waals surface area contributed by atoms with Crippen LogP contribution in [0.4, 0.5) is 17.1 Å². The van der Waals surface area contributed by atoms with Crippen LogP contribution in [0.5, 0.6) is 5.75 Å². The standard InChI is InChI=1S/C28H32N4O5S2/c1-3-30(4-2)22-14-13-19(15-25-27(34)31(28(38)39-25)21-10-6-5-7-11-21)24(17-22)37-18-26(33)29-20-9-8-12-23(16-20)32(35)36/h8-9,12-17,21H,3-7,10-11,18H2,1-2H3,(H,29,33)/b25-15-. The third-order valence-corrected chi connectivity index (χ3v) is 8.21. The number of ether oxygens (including phenoxy) is 1. The number of rotatable bonds is 10. The molecule has 2 aromatic rings. The van der Waals surface area contributed by atoms with E-state index in [1.54, 1.807) is 17.0 Å². The van der Waals surface area contributed by atoms with Crippen molar-refractivity contribution < 1.29 is 19.2 Å². The largest absolute Gasteiger partial charge is 0.483 e. The zero-order chi connectivity index (χ0) is 27.9. The zero-order valence-electron chi connectivity index (χ0n) is 22.1. The summed E-state index contributed by atoms with van der Waals surface area (Å²) < 4.78 is 6.54. The number of nitro groups is 1. The van der Waals surface area contributed by atoms with Gasteiger partial charge in [0.05, 0.1) is 9.83 Å². The van der Waals surface area contributed by atoms with Gasteiger partial charge in [-0.15, -0.1) is 0 Å². The van der Waals surface area contributed by atoms with E-state index in [0.717, 1.165) is 44.5 Å². The third-order valence-electron chi connectivity index (χ3n) is 6.88. The van der Waals surface area contributed by atoms with E-state index >= 15 is 0 Å². The Morgan fingerprint density at radius 3 is 2.64 bits per heavy atom. The molecule has 4 rings (SSSR count). The van der Waals surface area contributed by atoms with Gasteiger partial charge in [0.1, 0.15) is 10.1 Å². The average Bonchev–Trinajstić information content (AvgIpc) is 3.21. The minimum Gasteiger partial charge on any atom is -0.483 e. The molecule has 1 saturated heterocycles. The molecular formula is C28H32N4O5S2. The molecule has 0 aromatic heterocycles. The molecule has 2 amide bonds. The van der Waals surface area contributed by atoms with Crippen LogP contribution in [-0.4, -0.2) is 51.7 Å². The number of amides is 2. The Morgan fingerprint density at radius 1 is 1.21 bits per heavy atom. The molecule has 1 saturated carbocycles. The number of hydrogen-bond donors (Lipinski definition) is 1. The van der Waals surface area contributed by atoms with Crippen LogP contribution in [0.1, 0.15) is 51.5 Å². The van der Waals surface area contributed by atoms with E-state index in [0.29, 0.717) is 26.2 Å². The van der Waals surface area contributed by atoms with Gasteiger partial charge in [-0.25, -0.2) is 0 Å². The van der Waals surface area contributed by atoms with Crippen LogP contribution in [0.2, 0.25) is 0 Å². The smallest absolute Gasteiger partial charge is 0.271 e. The monoisotopic (exact) mass is 568 g/mol. The molecule has 1 aliphatic carbocycles. The van der Waals surface area contributed by atoms with Gasteiger partial charge in [0.25, 0.3) is 17.5 Å². The van der Waals surface area contributed by atoms with Crippen molar-refractivity contribution in [3.8, 4) is 5.75 Å². The molecular weight excluding hydrogens is 536 g/mol. The number of carbonyl (C=O) groups excluding carboxylic acids is 2. The molecule has 2 fully saturated rings. The molecule has 1 N–H and O–H groups in total. The van der Waals surface area contributed by atoms with Crippen LogP contribution in [0.3, 0.4) is 0 Å². The lowest BCUT2D eigenvalue weighted by Crippen LogP contribution is -2.39. The van der Waals surface area contributed by atoms with Crippen LogP contribution in [-0.2, 0) is 9.59 Å². The van der Waals surface area contributed by atoms with Crippen LogP contribution >= 0.6 is 24.0 Å². The molecule has 2 aliphatic rings. The zero-order valence-corrected chi connectivity index (χ0v) is 23.7. The fraction of sp³-hybridized carbons (Fsp3) is 0.393. The molecule has 0 unspecified atom stereocenters. The van der Waals surface area contributed by atoms with Crippen LogP contribution in [0.15, 0.2) is 47.4 Å². The SMILES string of the molecule is CCN(CC)c1ccc(/C=C2\SC(=S)N(C3CCCCC3)C2=O)c(OCC(=O)Nc2cccc([N+](=O)[O-])c2)c1. The van der Waals surface area contributed by atoms with Crippen LogP contribution in [0, 0.1) is 10.1 Å². The van der Waals surface area contributed by atoms with Gasteiger partial charge in [-0.05, 0) is 51.0 Å². The summed E-state index contributed by atoms with van der Waals surface area (Å²) in [5.41, 5.74) is 1.79. The molecule has 39 heavy (non-hydrogen) atoms. The van der Waals surface area contributed by atoms with Crippen molar-refractivity contribution in [3.05, 3.63) is 63.0 Å². The Morgan fingerprint density at radius 2 is 1.95 bits per heavy atom. The number of carbonyl (C=O) groups is 2. The van der Waals surface area contributed by atoms with Gasteiger partial charge in [0.15, 0.2) is 6.61 Å². The summed E-state index contributed by atoms with van der Waals surface area (Å²) in [5, 5.41) is 13.7. The normalized spacial score (nSPS) is 17.0. The fourth-order valence-electron chi connectivity index (χ4n) is 4.87. The number of thioether (sulfide) groups is 1. The van der Waals surface area contributed by atoms with Crippen molar-refractivity contribution in [2.75, 3.05) is 29.9 Å². The summed E-state index contributed by atoms with van der Waals surface area (Å²) in [5.74, 6) is -0.0890. The number of hydrogen-bond acceptors (Lipinski definition) is 8. The fourth-order valence-corrected chi connectivity index (χ4v) is 6.26. The van der Waals surface area contributed by atoms with Crippen molar-refractivity contribution in [2.45, 2.75) is 52.0 Å². The second-order valence-corrected chi connectivity index (χ2v) is 11.1. The van der Waals surface area contributed by atoms with Gasteiger partial charge < -0.3 is 15.0 Å². The van der Waals surface area contributed by atoms with Gasteiger partial charge in [-0.1, -0.05) is 49.3 Å². The predicted octanol–water partition coefficient (Wildman–Crippen LogP) is 5.99. The lowest BCUT2D eigenvalue weighted by molar-refractivity contribution is -0.384. The van der Waals surface area contributed by atoms with Crippen LogP contribution < -0.4 is 15.0 Å². The number of benzene rings is 2. The number of nitro benzene ring substituents is 1. The van der Waals surface area contributed by atoms with Gasteiger partial charge in [-0.2, -0.15) is 0 Å². The molecule has 1 heterocycles. The Bertz CT molecular complexity index is 1290. The quantitative estimate of drug-likeness (QED) is 0.161. The van der Waals surface area contributed by atoms with Gasteiger partial charge in [-0.3, -0.25) is 24.6 Å². The second-order valence-electron chi connectivity index (χ2n) is 9.38. The Kier molecular flexibility index (Phi) is 9.58.